The molecule has 32 heavy (non-hydrogen) atoms. The van der Waals surface area contributed by atoms with Crippen molar-refractivity contribution in [1.29, 1.82) is 0 Å². The number of rotatable bonds is 5. The first kappa shape index (κ1) is 22.9. The van der Waals surface area contributed by atoms with Crippen LogP contribution in [0.3, 0.4) is 0 Å². The molecule has 0 saturated carbocycles. The summed E-state index contributed by atoms with van der Waals surface area (Å²) in [5.74, 6) is -2.51. The molecule has 0 aliphatic heterocycles. The van der Waals surface area contributed by atoms with Crippen molar-refractivity contribution in [3.8, 4) is 0 Å². The van der Waals surface area contributed by atoms with E-state index in [1.807, 2.05) is 0 Å². The second kappa shape index (κ2) is 9.18. The van der Waals surface area contributed by atoms with Crippen LogP contribution in [0.5, 0.6) is 0 Å². The van der Waals surface area contributed by atoms with Crippen LogP contribution in [0.4, 0.5) is 34.0 Å². The molecular formula is C20H13ClF4N4O3. The highest BCUT2D eigenvalue weighted by Gasteiger charge is 2.34. The highest BCUT2D eigenvalue weighted by Crippen LogP contribution is 2.31. The number of nitrogens with zero attached hydrogens (tertiary/aromatic N) is 3. The molecule has 3 rings (SSSR count). The van der Waals surface area contributed by atoms with Crippen molar-refractivity contribution in [1.82, 2.24) is 15.3 Å². The zero-order chi connectivity index (χ0) is 23.5. The van der Waals surface area contributed by atoms with Crippen LogP contribution in [-0.4, -0.2) is 27.1 Å². The Balaban J connectivity index is 2.02. The van der Waals surface area contributed by atoms with Gasteiger partial charge in [-0.3, -0.25) is 0 Å². The summed E-state index contributed by atoms with van der Waals surface area (Å²) in [7, 11) is 0. The van der Waals surface area contributed by atoms with Crippen LogP contribution in [0.25, 0.3) is 0 Å². The molecule has 0 spiro atoms. The third kappa shape index (κ3) is 5.49. The van der Waals surface area contributed by atoms with Crippen LogP contribution in [0.15, 0.2) is 54.7 Å². The zero-order valence-electron chi connectivity index (χ0n) is 15.9. The van der Waals surface area contributed by atoms with E-state index >= 15 is 0 Å². The van der Waals surface area contributed by atoms with Crippen LogP contribution in [0, 0.1) is 5.82 Å². The third-order valence-electron chi connectivity index (χ3n) is 4.08. The van der Waals surface area contributed by atoms with Gasteiger partial charge in [0.25, 0.3) is 0 Å². The number of alkyl halides is 3. The lowest BCUT2D eigenvalue weighted by Gasteiger charge is -2.22. The molecule has 0 radical (unpaired) electrons. The number of benzene rings is 2. The van der Waals surface area contributed by atoms with E-state index in [0.717, 1.165) is 18.3 Å². The molecule has 0 bridgehead atoms. The van der Waals surface area contributed by atoms with Gasteiger partial charge >= 0.3 is 18.2 Å². The van der Waals surface area contributed by atoms with E-state index in [2.05, 4.69) is 15.3 Å². The van der Waals surface area contributed by atoms with E-state index in [-0.39, 0.29) is 22.8 Å². The second-order valence-corrected chi connectivity index (χ2v) is 6.80. The van der Waals surface area contributed by atoms with Crippen molar-refractivity contribution in [2.45, 2.75) is 12.7 Å². The summed E-state index contributed by atoms with van der Waals surface area (Å²) in [6, 6.07) is 8.13. The van der Waals surface area contributed by atoms with E-state index < -0.39 is 35.6 Å². The first-order valence-corrected chi connectivity index (χ1v) is 9.19. The van der Waals surface area contributed by atoms with Crippen molar-refractivity contribution in [2.24, 2.45) is 0 Å². The maximum Gasteiger partial charge on any atom is 0.433 e. The molecule has 1 aromatic heterocycles. The van der Waals surface area contributed by atoms with Crippen molar-refractivity contribution in [3.63, 3.8) is 0 Å². The summed E-state index contributed by atoms with van der Waals surface area (Å²) in [5, 5.41) is 11.6. The largest absolute Gasteiger partial charge is 0.478 e. The van der Waals surface area contributed by atoms with Crippen LogP contribution < -0.4 is 10.2 Å². The lowest BCUT2D eigenvalue weighted by molar-refractivity contribution is -0.141. The van der Waals surface area contributed by atoms with Crippen molar-refractivity contribution < 1.29 is 32.3 Å². The van der Waals surface area contributed by atoms with Gasteiger partial charge in [-0.2, -0.15) is 13.2 Å². The summed E-state index contributed by atoms with van der Waals surface area (Å²) < 4.78 is 52.5. The molecular weight excluding hydrogens is 456 g/mol. The van der Waals surface area contributed by atoms with E-state index in [4.69, 9.17) is 11.6 Å². The number of anilines is 2. The number of amides is 2. The van der Waals surface area contributed by atoms with Crippen molar-refractivity contribution >= 4 is 35.2 Å². The Hall–Kier alpha value is -3.73. The normalized spacial score (nSPS) is 11.2. The molecule has 0 aliphatic rings. The van der Waals surface area contributed by atoms with Gasteiger partial charge in [0.05, 0.1) is 11.3 Å². The Morgan fingerprint density at radius 2 is 1.78 bits per heavy atom. The van der Waals surface area contributed by atoms with E-state index in [1.54, 1.807) is 0 Å². The number of halogens is 5. The lowest BCUT2D eigenvalue weighted by atomic mass is 10.2. The molecule has 0 aliphatic carbocycles. The molecule has 2 N–H and O–H groups in total. The van der Waals surface area contributed by atoms with Gasteiger partial charge in [0, 0.05) is 17.8 Å². The van der Waals surface area contributed by atoms with Gasteiger partial charge in [-0.15, -0.1) is 0 Å². The van der Waals surface area contributed by atoms with Gasteiger partial charge in [-0.25, -0.2) is 28.8 Å². The predicted molar refractivity (Wildman–Crippen MR) is 106 cm³/mol. The molecule has 0 unspecified atom stereocenters. The number of carboxylic acids is 1. The number of hydrogen-bond donors (Lipinski definition) is 2. The number of carbonyl (C=O) groups excluding carboxylic acids is 1. The van der Waals surface area contributed by atoms with Gasteiger partial charge in [-0.1, -0.05) is 23.7 Å². The molecule has 12 heteroatoms. The summed E-state index contributed by atoms with van der Waals surface area (Å²) in [6.07, 6.45) is -4.00. The fourth-order valence-electron chi connectivity index (χ4n) is 2.62. The quantitative estimate of drug-likeness (QED) is 0.512. The van der Waals surface area contributed by atoms with Gasteiger partial charge in [-0.05, 0) is 42.0 Å². The molecule has 1 heterocycles. The number of urea groups is 1. The van der Waals surface area contributed by atoms with Crippen LogP contribution in [0.2, 0.25) is 5.02 Å². The lowest BCUT2D eigenvalue weighted by Crippen LogP contribution is -2.38. The maximum absolute atomic E-state index is 13.1. The summed E-state index contributed by atoms with van der Waals surface area (Å²) in [4.78, 5) is 32.1. The predicted octanol–water partition coefficient (Wildman–Crippen LogP) is 5.03. The average molecular weight is 469 g/mol. The van der Waals surface area contributed by atoms with Gasteiger partial charge in [0.2, 0.25) is 5.95 Å². The van der Waals surface area contributed by atoms with Gasteiger partial charge in [0.1, 0.15) is 11.5 Å². The standard InChI is InChI=1S/C20H13ClF4N4O3/c21-13-7-12(17(30)31)8-15(9-13)29(18-26-6-5-16(28-18)20(23,24)25)19(32)27-10-11-1-3-14(22)4-2-11/h1-9H,10H2,(H,27,32)(H,30,31). The molecule has 3 aromatic rings. The Labute approximate surface area is 183 Å². The van der Waals surface area contributed by atoms with E-state index in [1.165, 1.54) is 30.3 Å². The average Bonchev–Trinajstić information content (AvgIpc) is 2.73. The third-order valence-corrected chi connectivity index (χ3v) is 4.30. The first-order valence-electron chi connectivity index (χ1n) is 8.81. The molecule has 0 fully saturated rings. The monoisotopic (exact) mass is 468 g/mol. The highest BCUT2D eigenvalue weighted by atomic mass is 35.5. The number of aromatic nitrogens is 2. The van der Waals surface area contributed by atoms with Crippen molar-refractivity contribution in [3.05, 3.63) is 82.4 Å². The van der Waals surface area contributed by atoms with Crippen LogP contribution >= 0.6 is 11.6 Å². The topological polar surface area (TPSA) is 95.4 Å². The maximum atomic E-state index is 13.1. The van der Waals surface area contributed by atoms with Crippen molar-refractivity contribution in [2.75, 3.05) is 4.90 Å². The van der Waals surface area contributed by atoms with E-state index in [9.17, 15) is 32.3 Å². The van der Waals surface area contributed by atoms with Crippen LogP contribution in [0.1, 0.15) is 21.6 Å². The Bertz CT molecular complexity index is 1160. The summed E-state index contributed by atoms with van der Waals surface area (Å²) >= 11 is 5.94. The number of hydrogen-bond acceptors (Lipinski definition) is 4. The van der Waals surface area contributed by atoms with E-state index in [0.29, 0.717) is 16.5 Å². The summed E-state index contributed by atoms with van der Waals surface area (Å²) in [5.41, 5.74) is -1.29. The number of nitrogens with one attached hydrogen (secondary N) is 1. The molecule has 7 nitrogen and oxygen atoms in total. The summed E-state index contributed by atoms with van der Waals surface area (Å²) in [6.45, 7) is -0.110. The SMILES string of the molecule is O=C(O)c1cc(Cl)cc(N(C(=O)NCc2ccc(F)cc2)c2nccc(C(F)(F)F)n2)c1. The number of carbonyl (C=O) groups is 2. The molecule has 0 saturated heterocycles. The number of carboxylic acid groups (broad SMARTS) is 1. The fraction of sp³-hybridized carbons (Fsp3) is 0.100. The Kier molecular flexibility index (Phi) is 6.58. The zero-order valence-corrected chi connectivity index (χ0v) is 16.7. The fourth-order valence-corrected chi connectivity index (χ4v) is 2.85. The smallest absolute Gasteiger partial charge is 0.433 e. The Morgan fingerprint density at radius 1 is 1.09 bits per heavy atom. The minimum absolute atomic E-state index is 0.0804. The molecule has 2 amide bonds. The second-order valence-electron chi connectivity index (χ2n) is 6.36. The first-order chi connectivity index (χ1) is 15.0. The van der Waals surface area contributed by atoms with Crippen LogP contribution in [-0.2, 0) is 12.7 Å². The van der Waals surface area contributed by atoms with Gasteiger partial charge in [0.15, 0.2) is 0 Å². The molecule has 0 atom stereocenters. The Morgan fingerprint density at radius 3 is 2.41 bits per heavy atom. The van der Waals surface area contributed by atoms with Gasteiger partial charge < -0.3 is 10.4 Å². The minimum Gasteiger partial charge on any atom is -0.478 e. The molecule has 166 valence electrons. The highest BCUT2D eigenvalue weighted by molar-refractivity contribution is 6.31. The number of aromatic carboxylic acids is 1. The minimum atomic E-state index is -4.81. The molecule has 2 aromatic carbocycles.